The molecule has 0 spiro atoms. The molecule has 1 aromatic rings. The van der Waals surface area contributed by atoms with Crippen LogP contribution in [-0.4, -0.2) is 65.7 Å². The first-order valence-corrected chi connectivity index (χ1v) is 13.9. The van der Waals surface area contributed by atoms with Crippen LogP contribution in [0.25, 0.3) is 5.57 Å². The molecular weight excluding hydrogens is 448 g/mol. The second-order valence-electron chi connectivity index (χ2n) is 10.7. The van der Waals surface area contributed by atoms with Crippen molar-refractivity contribution in [2.24, 2.45) is 10.9 Å². The van der Waals surface area contributed by atoms with E-state index in [1.165, 1.54) is 36.0 Å². The van der Waals surface area contributed by atoms with Gasteiger partial charge in [0.25, 0.3) is 0 Å². The summed E-state index contributed by atoms with van der Waals surface area (Å²) in [6.45, 7) is 11.9. The van der Waals surface area contributed by atoms with Gasteiger partial charge in [0.15, 0.2) is 0 Å². The maximum absolute atomic E-state index is 10.1. The summed E-state index contributed by atoms with van der Waals surface area (Å²) < 4.78 is 5.49. The van der Waals surface area contributed by atoms with Gasteiger partial charge < -0.3 is 20.1 Å². The molecule has 194 valence electrons. The maximum Gasteiger partial charge on any atom is 0.142 e. The molecule has 36 heavy (non-hydrogen) atoms. The minimum atomic E-state index is -0.174. The van der Waals surface area contributed by atoms with E-state index in [0.717, 1.165) is 88.2 Å². The topological polar surface area (TPSA) is 60.3 Å². The van der Waals surface area contributed by atoms with Crippen LogP contribution in [0, 0.1) is 5.92 Å². The van der Waals surface area contributed by atoms with Crippen LogP contribution in [0.3, 0.4) is 0 Å². The number of aliphatic hydroxyl groups is 1. The van der Waals surface area contributed by atoms with E-state index < -0.39 is 0 Å². The van der Waals surface area contributed by atoms with Crippen LogP contribution in [0.1, 0.15) is 63.0 Å². The Kier molecular flexibility index (Phi) is 8.25. The highest BCUT2D eigenvalue weighted by Crippen LogP contribution is 2.37. The molecule has 0 bridgehead atoms. The van der Waals surface area contributed by atoms with Gasteiger partial charge in [0.05, 0.1) is 19.3 Å². The van der Waals surface area contributed by atoms with Crippen molar-refractivity contribution in [3.8, 4) is 0 Å². The monoisotopic (exact) mass is 490 g/mol. The van der Waals surface area contributed by atoms with Crippen molar-refractivity contribution in [1.82, 2.24) is 15.1 Å². The van der Waals surface area contributed by atoms with E-state index in [1.807, 2.05) is 0 Å². The Bertz CT molecular complexity index is 994. The first kappa shape index (κ1) is 25.2. The summed E-state index contributed by atoms with van der Waals surface area (Å²) in [5.41, 5.74) is 4.92. The molecule has 2 N–H and O–H groups in total. The van der Waals surface area contributed by atoms with Crippen LogP contribution in [0.15, 0.2) is 59.5 Å². The van der Waals surface area contributed by atoms with E-state index in [0.29, 0.717) is 6.04 Å². The van der Waals surface area contributed by atoms with E-state index in [-0.39, 0.29) is 6.10 Å². The van der Waals surface area contributed by atoms with Crippen molar-refractivity contribution in [1.29, 1.82) is 0 Å². The molecule has 0 unspecified atom stereocenters. The van der Waals surface area contributed by atoms with Crippen molar-refractivity contribution in [2.45, 2.75) is 70.6 Å². The third kappa shape index (κ3) is 6.28. The Morgan fingerprint density at radius 1 is 1.11 bits per heavy atom. The summed E-state index contributed by atoms with van der Waals surface area (Å²) in [6, 6.07) is 9.36. The number of nitrogens with one attached hydrogen (secondary N) is 1. The number of hydrogen-bond acceptors (Lipinski definition) is 5. The van der Waals surface area contributed by atoms with Crippen molar-refractivity contribution in [3.05, 3.63) is 65.6 Å². The molecule has 2 saturated carbocycles. The number of amidine groups is 1. The molecule has 1 saturated heterocycles. The minimum Gasteiger partial charge on any atom is -0.393 e. The first-order chi connectivity index (χ1) is 17.6. The Balaban J connectivity index is 1.35. The third-order valence-electron chi connectivity index (χ3n) is 7.99. The van der Waals surface area contributed by atoms with Gasteiger partial charge in [0.1, 0.15) is 11.7 Å². The fraction of sp³-hybridized carbons (Fsp3) is 0.567. The van der Waals surface area contributed by atoms with Crippen LogP contribution in [0.4, 0.5) is 0 Å². The summed E-state index contributed by atoms with van der Waals surface area (Å²) in [7, 11) is 0. The molecule has 5 rings (SSSR count). The van der Waals surface area contributed by atoms with Crippen LogP contribution < -0.4 is 5.32 Å². The van der Waals surface area contributed by atoms with Gasteiger partial charge in [-0.25, -0.2) is 4.99 Å². The number of aliphatic imine (C=N–C) groups is 1. The number of nitrogens with zero attached hydrogens (tertiary/aromatic N) is 3. The van der Waals surface area contributed by atoms with Crippen LogP contribution >= 0.6 is 0 Å². The van der Waals surface area contributed by atoms with E-state index in [2.05, 4.69) is 65.2 Å². The van der Waals surface area contributed by atoms with E-state index in [1.54, 1.807) is 0 Å². The Morgan fingerprint density at radius 2 is 1.83 bits per heavy atom. The SMILES string of the molecule is C=C(/N=C1\C(=C/C)C(c2ccc(CN3CCOCC3)cc2)=CN1C1CCC(O)CC1)NCCC1CC1. The zero-order valence-corrected chi connectivity index (χ0v) is 21.8. The van der Waals surface area contributed by atoms with Crippen LogP contribution in [-0.2, 0) is 11.3 Å². The standard InChI is InChI=1S/C30H42N4O2/c1-3-28-29(25-8-6-24(7-9-25)20-33-16-18-36-19-17-33)21-34(26-10-12-27(35)13-11-26)30(28)32-22(2)31-15-14-23-4-5-23/h3,6-9,21,23,26-27,31,35H,2,4-5,10-20H2,1H3/b28-3-,32-30+. The molecule has 3 fully saturated rings. The second-order valence-corrected chi connectivity index (χ2v) is 10.7. The lowest BCUT2D eigenvalue weighted by Crippen LogP contribution is -2.38. The summed E-state index contributed by atoms with van der Waals surface area (Å²) in [5, 5.41) is 13.5. The maximum atomic E-state index is 10.1. The van der Waals surface area contributed by atoms with Crippen molar-refractivity contribution < 1.29 is 9.84 Å². The fourth-order valence-corrected chi connectivity index (χ4v) is 5.58. The van der Waals surface area contributed by atoms with Gasteiger partial charge in [-0.2, -0.15) is 0 Å². The average Bonchev–Trinajstić information content (AvgIpc) is 3.65. The molecule has 6 heteroatoms. The number of rotatable bonds is 9. The number of allylic oxidation sites excluding steroid dienone is 1. The lowest BCUT2D eigenvalue weighted by atomic mass is 9.92. The lowest BCUT2D eigenvalue weighted by molar-refractivity contribution is 0.0342. The van der Waals surface area contributed by atoms with Crippen molar-refractivity contribution in [3.63, 3.8) is 0 Å². The molecule has 4 aliphatic rings. The minimum absolute atomic E-state index is 0.174. The van der Waals surface area contributed by atoms with Gasteiger partial charge >= 0.3 is 0 Å². The molecule has 1 aromatic carbocycles. The average molecular weight is 491 g/mol. The number of ether oxygens (including phenoxy) is 1. The normalized spacial score (nSPS) is 27.5. The quantitative estimate of drug-likeness (QED) is 0.526. The van der Waals surface area contributed by atoms with Gasteiger partial charge in [0.2, 0.25) is 0 Å². The smallest absolute Gasteiger partial charge is 0.142 e. The Labute approximate surface area is 216 Å². The predicted octanol–water partition coefficient (Wildman–Crippen LogP) is 4.68. The summed E-state index contributed by atoms with van der Waals surface area (Å²) in [6.07, 6.45) is 11.9. The highest BCUT2D eigenvalue weighted by Gasteiger charge is 2.33. The zero-order chi connectivity index (χ0) is 24.9. The number of aliphatic hydroxyl groups excluding tert-OH is 1. The summed E-state index contributed by atoms with van der Waals surface area (Å²) in [4.78, 5) is 9.84. The van der Waals surface area contributed by atoms with E-state index >= 15 is 0 Å². The first-order valence-electron chi connectivity index (χ1n) is 13.9. The molecule has 0 atom stereocenters. The van der Waals surface area contributed by atoms with Crippen molar-refractivity contribution in [2.75, 3.05) is 32.8 Å². The zero-order valence-electron chi connectivity index (χ0n) is 21.8. The van der Waals surface area contributed by atoms with E-state index in [4.69, 9.17) is 9.73 Å². The Morgan fingerprint density at radius 3 is 2.50 bits per heavy atom. The predicted molar refractivity (Wildman–Crippen MR) is 146 cm³/mol. The summed E-state index contributed by atoms with van der Waals surface area (Å²) in [5.74, 6) is 2.61. The van der Waals surface area contributed by atoms with Gasteiger partial charge in [-0.15, -0.1) is 0 Å². The molecule has 2 heterocycles. The lowest BCUT2D eigenvalue weighted by Gasteiger charge is -2.33. The summed E-state index contributed by atoms with van der Waals surface area (Å²) >= 11 is 0. The third-order valence-corrected chi connectivity index (χ3v) is 7.99. The Hall–Kier alpha value is -2.41. The highest BCUT2D eigenvalue weighted by molar-refractivity contribution is 6.16. The van der Waals surface area contributed by atoms with Gasteiger partial charge in [0, 0.05) is 49.6 Å². The van der Waals surface area contributed by atoms with Crippen LogP contribution in [0.2, 0.25) is 0 Å². The fourth-order valence-electron chi connectivity index (χ4n) is 5.58. The number of hydrogen-bond donors (Lipinski definition) is 2. The molecule has 2 aliphatic carbocycles. The molecule has 0 aromatic heterocycles. The van der Waals surface area contributed by atoms with Gasteiger partial charge in [-0.05, 0) is 56.1 Å². The van der Waals surface area contributed by atoms with Crippen molar-refractivity contribution >= 4 is 11.4 Å². The molecule has 0 radical (unpaired) electrons. The number of benzene rings is 1. The number of morpholine rings is 1. The second kappa shape index (κ2) is 11.8. The molecule has 6 nitrogen and oxygen atoms in total. The molecule has 2 aliphatic heterocycles. The van der Waals surface area contributed by atoms with Gasteiger partial charge in [-0.1, -0.05) is 49.8 Å². The van der Waals surface area contributed by atoms with Crippen LogP contribution in [0.5, 0.6) is 0 Å². The highest BCUT2D eigenvalue weighted by atomic mass is 16.5. The molecule has 0 amide bonds. The molecular formula is C30H42N4O2. The van der Waals surface area contributed by atoms with E-state index in [9.17, 15) is 5.11 Å². The van der Waals surface area contributed by atoms with Gasteiger partial charge in [-0.3, -0.25) is 4.90 Å². The largest absolute Gasteiger partial charge is 0.393 e.